The number of halogens is 1. The molecule has 6 nitrogen and oxygen atoms in total. The van der Waals surface area contributed by atoms with Crippen LogP contribution in [0.5, 0.6) is 0 Å². The number of carbonyl (C=O) groups is 2. The number of ketones is 1. The maximum absolute atomic E-state index is 13.2. The van der Waals surface area contributed by atoms with Gasteiger partial charge in [-0.2, -0.15) is 0 Å². The molecule has 8 heteroatoms. The van der Waals surface area contributed by atoms with Crippen molar-refractivity contribution in [1.82, 2.24) is 0 Å². The Morgan fingerprint density at radius 3 is 2.00 bits per heavy atom. The Hall–Kier alpha value is -3.75. The Morgan fingerprint density at radius 2 is 1.29 bits per heavy atom. The first-order valence-electron chi connectivity index (χ1n) is 10.2. The zero-order valence-corrected chi connectivity index (χ0v) is 20.1. The lowest BCUT2D eigenvalue weighted by Gasteiger charge is -2.15. The summed E-state index contributed by atoms with van der Waals surface area (Å²) >= 11 is 3.37. The summed E-state index contributed by atoms with van der Waals surface area (Å²) in [5.74, 6) is -0.814. The highest BCUT2D eigenvalue weighted by Crippen LogP contribution is 2.26. The number of amides is 1. The van der Waals surface area contributed by atoms with Crippen LogP contribution in [0.4, 0.5) is 11.4 Å². The number of hydrogen-bond donors (Lipinski definition) is 2. The normalized spacial score (nSPS) is 11.0. The number of rotatable bonds is 7. The molecular weight excluding hydrogens is 516 g/mol. The van der Waals surface area contributed by atoms with E-state index in [2.05, 4.69) is 26.0 Å². The molecule has 0 bridgehead atoms. The number of benzene rings is 4. The van der Waals surface area contributed by atoms with Crippen molar-refractivity contribution in [3.05, 3.63) is 124 Å². The van der Waals surface area contributed by atoms with Gasteiger partial charge in [-0.15, -0.1) is 0 Å². The Kier molecular flexibility index (Phi) is 6.90. The van der Waals surface area contributed by atoms with Crippen molar-refractivity contribution >= 4 is 49.0 Å². The molecule has 0 aromatic heterocycles. The molecule has 0 unspecified atom stereocenters. The molecule has 0 spiro atoms. The molecule has 34 heavy (non-hydrogen) atoms. The van der Waals surface area contributed by atoms with E-state index in [4.69, 9.17) is 0 Å². The van der Waals surface area contributed by atoms with Crippen LogP contribution >= 0.6 is 15.9 Å². The molecule has 0 saturated heterocycles. The summed E-state index contributed by atoms with van der Waals surface area (Å²) in [7, 11) is -3.90. The molecule has 1 amide bonds. The van der Waals surface area contributed by atoms with Crippen LogP contribution in [0.15, 0.2) is 112 Å². The van der Waals surface area contributed by atoms with E-state index in [-0.39, 0.29) is 21.9 Å². The van der Waals surface area contributed by atoms with Gasteiger partial charge in [0.2, 0.25) is 0 Å². The van der Waals surface area contributed by atoms with Crippen LogP contribution in [0.3, 0.4) is 0 Å². The fraction of sp³-hybridized carbons (Fsp3) is 0. The van der Waals surface area contributed by atoms with E-state index in [9.17, 15) is 18.0 Å². The molecule has 0 aliphatic carbocycles. The van der Waals surface area contributed by atoms with Crippen molar-refractivity contribution in [3.8, 4) is 0 Å². The lowest BCUT2D eigenvalue weighted by Crippen LogP contribution is -2.19. The maximum atomic E-state index is 13.2. The van der Waals surface area contributed by atoms with E-state index in [1.165, 1.54) is 24.3 Å². The SMILES string of the molecule is O=C(Nc1ccc(Br)cc1C(=O)c1ccccc1)c1ccccc1NS(=O)(=O)c1ccccc1. The minimum absolute atomic E-state index is 0.0777. The molecule has 0 atom stereocenters. The van der Waals surface area contributed by atoms with Gasteiger partial charge < -0.3 is 5.32 Å². The van der Waals surface area contributed by atoms with Crippen LogP contribution < -0.4 is 10.0 Å². The minimum Gasteiger partial charge on any atom is -0.321 e. The number of anilines is 2. The maximum Gasteiger partial charge on any atom is 0.261 e. The minimum atomic E-state index is -3.90. The van der Waals surface area contributed by atoms with Crippen molar-refractivity contribution in [1.29, 1.82) is 0 Å². The lowest BCUT2D eigenvalue weighted by atomic mass is 10.0. The van der Waals surface area contributed by atoms with Gasteiger partial charge in [0.25, 0.3) is 15.9 Å². The van der Waals surface area contributed by atoms with Crippen molar-refractivity contribution in [2.24, 2.45) is 0 Å². The van der Waals surface area contributed by atoms with Crippen molar-refractivity contribution in [3.63, 3.8) is 0 Å². The molecule has 0 heterocycles. The fourth-order valence-electron chi connectivity index (χ4n) is 3.32. The first kappa shape index (κ1) is 23.4. The first-order valence-corrected chi connectivity index (χ1v) is 12.5. The van der Waals surface area contributed by atoms with Crippen molar-refractivity contribution < 1.29 is 18.0 Å². The quantitative estimate of drug-likeness (QED) is 0.296. The largest absolute Gasteiger partial charge is 0.321 e. The average Bonchev–Trinajstić information content (AvgIpc) is 2.86. The van der Waals surface area contributed by atoms with Gasteiger partial charge in [0.1, 0.15) is 0 Å². The molecule has 4 aromatic rings. The topological polar surface area (TPSA) is 92.3 Å². The third kappa shape index (κ3) is 5.24. The summed E-state index contributed by atoms with van der Waals surface area (Å²) in [5, 5.41) is 2.76. The predicted molar refractivity (Wildman–Crippen MR) is 136 cm³/mol. The number of carbonyl (C=O) groups excluding carboxylic acids is 2. The standard InChI is InChI=1S/C26H19BrN2O4S/c27-19-15-16-23(22(17-19)25(30)18-9-3-1-4-10-18)28-26(31)21-13-7-8-14-24(21)29-34(32,33)20-11-5-2-6-12-20/h1-17,29H,(H,28,31). The number of para-hydroxylation sites is 1. The monoisotopic (exact) mass is 534 g/mol. The van der Waals surface area contributed by atoms with Gasteiger partial charge in [0, 0.05) is 15.6 Å². The Labute approximate surface area is 205 Å². The highest BCUT2D eigenvalue weighted by atomic mass is 79.9. The van der Waals surface area contributed by atoms with Crippen LogP contribution in [0, 0.1) is 0 Å². The second-order valence-electron chi connectivity index (χ2n) is 7.30. The molecule has 0 fully saturated rings. The molecule has 0 saturated carbocycles. The van der Waals surface area contributed by atoms with E-state index in [0.717, 1.165) is 0 Å². The highest BCUT2D eigenvalue weighted by molar-refractivity contribution is 9.10. The van der Waals surface area contributed by atoms with Crippen LogP contribution in [0.25, 0.3) is 0 Å². The smallest absolute Gasteiger partial charge is 0.261 e. The number of nitrogens with one attached hydrogen (secondary N) is 2. The van der Waals surface area contributed by atoms with Crippen LogP contribution in [0.1, 0.15) is 26.3 Å². The second-order valence-corrected chi connectivity index (χ2v) is 9.90. The number of sulfonamides is 1. The Morgan fingerprint density at radius 1 is 0.676 bits per heavy atom. The van der Waals surface area contributed by atoms with Gasteiger partial charge in [0.05, 0.1) is 21.8 Å². The highest BCUT2D eigenvalue weighted by Gasteiger charge is 2.21. The Bertz CT molecular complexity index is 1460. The fourth-order valence-corrected chi connectivity index (χ4v) is 4.78. The average molecular weight is 535 g/mol. The lowest BCUT2D eigenvalue weighted by molar-refractivity contribution is 0.102. The van der Waals surface area contributed by atoms with Crippen molar-refractivity contribution in [2.45, 2.75) is 4.90 Å². The molecule has 4 rings (SSSR count). The third-order valence-electron chi connectivity index (χ3n) is 4.98. The second kappa shape index (κ2) is 10.0. The molecule has 0 radical (unpaired) electrons. The molecule has 4 aromatic carbocycles. The predicted octanol–water partition coefficient (Wildman–Crippen LogP) is 5.73. The summed E-state index contributed by atoms with van der Waals surface area (Å²) in [6, 6.07) is 27.9. The molecule has 0 aliphatic rings. The Balaban J connectivity index is 1.65. The van der Waals surface area contributed by atoms with Gasteiger partial charge in [-0.25, -0.2) is 8.42 Å². The van der Waals surface area contributed by atoms with Crippen LogP contribution in [-0.2, 0) is 10.0 Å². The van der Waals surface area contributed by atoms with Gasteiger partial charge in [-0.05, 0) is 42.5 Å². The molecule has 170 valence electrons. The zero-order chi connectivity index (χ0) is 24.1. The van der Waals surface area contributed by atoms with E-state index in [1.807, 2.05) is 6.07 Å². The summed E-state index contributed by atoms with van der Waals surface area (Å²) in [4.78, 5) is 26.3. The van der Waals surface area contributed by atoms with Gasteiger partial charge in [0.15, 0.2) is 5.78 Å². The zero-order valence-electron chi connectivity index (χ0n) is 17.7. The first-order chi connectivity index (χ1) is 16.3. The van der Waals surface area contributed by atoms with Crippen LogP contribution in [-0.4, -0.2) is 20.1 Å². The van der Waals surface area contributed by atoms with E-state index < -0.39 is 15.9 Å². The summed E-state index contributed by atoms with van der Waals surface area (Å²) < 4.78 is 28.7. The van der Waals surface area contributed by atoms with Gasteiger partial charge in [-0.3, -0.25) is 14.3 Å². The van der Waals surface area contributed by atoms with Gasteiger partial charge in [-0.1, -0.05) is 76.6 Å². The summed E-state index contributed by atoms with van der Waals surface area (Å²) in [6.45, 7) is 0. The third-order valence-corrected chi connectivity index (χ3v) is 6.85. The van der Waals surface area contributed by atoms with Crippen molar-refractivity contribution in [2.75, 3.05) is 10.0 Å². The van der Waals surface area contributed by atoms with E-state index >= 15 is 0 Å². The summed E-state index contributed by atoms with van der Waals surface area (Å²) in [5.41, 5.74) is 1.33. The summed E-state index contributed by atoms with van der Waals surface area (Å²) in [6.07, 6.45) is 0. The number of hydrogen-bond acceptors (Lipinski definition) is 4. The molecular formula is C26H19BrN2O4S. The molecule has 0 aliphatic heterocycles. The molecule has 2 N–H and O–H groups in total. The van der Waals surface area contributed by atoms with Crippen LogP contribution in [0.2, 0.25) is 0 Å². The van der Waals surface area contributed by atoms with E-state index in [0.29, 0.717) is 21.3 Å². The van der Waals surface area contributed by atoms with E-state index in [1.54, 1.807) is 72.8 Å². The van der Waals surface area contributed by atoms with Gasteiger partial charge >= 0.3 is 0 Å².